The van der Waals surface area contributed by atoms with Crippen LogP contribution >= 0.6 is 0 Å². The summed E-state index contributed by atoms with van der Waals surface area (Å²) in [5.41, 5.74) is -0.201. The van der Waals surface area contributed by atoms with Gasteiger partial charge in [0, 0.05) is 11.1 Å². The zero-order valence-electron chi connectivity index (χ0n) is 10.8. The monoisotopic (exact) mass is 212 g/mol. The first-order chi connectivity index (χ1) is 6.98. The number of hydrogen-bond acceptors (Lipinski definition) is 1. The molecule has 1 aliphatic rings. The van der Waals surface area contributed by atoms with E-state index >= 15 is 0 Å². The number of hydrogen-bond donors (Lipinski definition) is 0. The van der Waals surface area contributed by atoms with Crippen LogP contribution in [0.3, 0.4) is 0 Å². The molecule has 1 aliphatic heterocycles. The maximum Gasteiger partial charge on any atom is 0.0471 e. The lowest BCUT2D eigenvalue weighted by molar-refractivity contribution is -0.299. The van der Waals surface area contributed by atoms with Crippen LogP contribution < -0.4 is 0 Å². The molecule has 0 amide bonds. The SMILES string of the molecule is CCCC1(C)CCCC(C)(CCC)N1[O]. The van der Waals surface area contributed by atoms with E-state index < -0.39 is 0 Å². The van der Waals surface area contributed by atoms with Crippen LogP contribution in [0.4, 0.5) is 0 Å². The van der Waals surface area contributed by atoms with Crippen molar-refractivity contribution in [2.24, 2.45) is 0 Å². The summed E-state index contributed by atoms with van der Waals surface area (Å²) < 4.78 is 0. The molecule has 2 nitrogen and oxygen atoms in total. The summed E-state index contributed by atoms with van der Waals surface area (Å²) >= 11 is 0. The van der Waals surface area contributed by atoms with E-state index in [1.807, 2.05) is 0 Å². The molecule has 2 atom stereocenters. The van der Waals surface area contributed by atoms with Gasteiger partial charge in [-0.15, -0.1) is 10.3 Å². The van der Waals surface area contributed by atoms with E-state index in [2.05, 4.69) is 27.7 Å². The molecule has 0 spiro atoms. The van der Waals surface area contributed by atoms with Crippen molar-refractivity contribution in [3.05, 3.63) is 0 Å². The molecule has 1 heterocycles. The molecule has 15 heavy (non-hydrogen) atoms. The topological polar surface area (TPSA) is 23.1 Å². The minimum Gasteiger partial charge on any atom is -0.143 e. The lowest BCUT2D eigenvalue weighted by atomic mass is 9.76. The van der Waals surface area contributed by atoms with E-state index in [1.54, 1.807) is 0 Å². The number of piperidine rings is 1. The van der Waals surface area contributed by atoms with E-state index in [1.165, 1.54) is 11.5 Å². The van der Waals surface area contributed by atoms with Crippen molar-refractivity contribution in [2.45, 2.75) is 83.7 Å². The Labute approximate surface area is 94.6 Å². The Morgan fingerprint density at radius 2 is 1.40 bits per heavy atom. The zero-order valence-corrected chi connectivity index (χ0v) is 10.8. The molecule has 2 unspecified atom stereocenters. The van der Waals surface area contributed by atoms with E-state index in [0.717, 1.165) is 38.5 Å². The van der Waals surface area contributed by atoms with Gasteiger partial charge in [-0.05, 0) is 46.0 Å². The Kier molecular flexibility index (Phi) is 4.19. The van der Waals surface area contributed by atoms with E-state index in [-0.39, 0.29) is 11.1 Å². The third-order valence-electron chi connectivity index (χ3n) is 3.99. The number of hydroxylamine groups is 2. The molecule has 1 fully saturated rings. The molecule has 1 radical (unpaired) electrons. The summed E-state index contributed by atoms with van der Waals surface area (Å²) in [5.74, 6) is 0. The highest BCUT2D eigenvalue weighted by Gasteiger charge is 2.46. The first-order valence-electron chi connectivity index (χ1n) is 6.46. The van der Waals surface area contributed by atoms with Crippen molar-refractivity contribution in [3.63, 3.8) is 0 Å². The molecule has 0 saturated carbocycles. The van der Waals surface area contributed by atoms with Crippen LogP contribution in [-0.2, 0) is 5.21 Å². The summed E-state index contributed by atoms with van der Waals surface area (Å²) in [6.07, 6.45) is 7.65. The Hall–Kier alpha value is -0.0800. The van der Waals surface area contributed by atoms with Gasteiger partial charge in [0.1, 0.15) is 0 Å². The summed E-state index contributed by atoms with van der Waals surface area (Å²) in [4.78, 5) is 0. The van der Waals surface area contributed by atoms with Gasteiger partial charge in [0.15, 0.2) is 0 Å². The van der Waals surface area contributed by atoms with E-state index in [0.29, 0.717) is 0 Å². The van der Waals surface area contributed by atoms with Gasteiger partial charge in [0.05, 0.1) is 0 Å². The molecule has 0 N–H and O–H groups in total. The first kappa shape index (κ1) is 13.0. The number of rotatable bonds is 4. The Morgan fingerprint density at radius 1 is 1.00 bits per heavy atom. The predicted octanol–water partition coefficient (Wildman–Crippen LogP) is 3.94. The molecule has 0 bridgehead atoms. The fourth-order valence-electron chi connectivity index (χ4n) is 3.24. The van der Waals surface area contributed by atoms with Crippen molar-refractivity contribution in [1.82, 2.24) is 5.06 Å². The fraction of sp³-hybridized carbons (Fsp3) is 1.00. The second-order valence-electron chi connectivity index (χ2n) is 5.64. The first-order valence-corrected chi connectivity index (χ1v) is 6.46. The van der Waals surface area contributed by atoms with Gasteiger partial charge < -0.3 is 0 Å². The standard InChI is InChI=1S/C13H26NO/c1-5-8-12(3)10-7-11-13(4,9-6-2)14(12)15/h5-11H2,1-4H3. The van der Waals surface area contributed by atoms with Crippen molar-refractivity contribution in [1.29, 1.82) is 0 Å². The molecule has 0 aliphatic carbocycles. The van der Waals surface area contributed by atoms with Crippen LogP contribution in [0, 0.1) is 0 Å². The summed E-state index contributed by atoms with van der Waals surface area (Å²) in [6, 6.07) is 0. The van der Waals surface area contributed by atoms with Crippen LogP contribution in [0.1, 0.15) is 72.6 Å². The summed E-state index contributed by atoms with van der Waals surface area (Å²) in [7, 11) is 0. The third-order valence-corrected chi connectivity index (χ3v) is 3.99. The minimum absolute atomic E-state index is 0.100. The second kappa shape index (κ2) is 4.84. The van der Waals surface area contributed by atoms with Gasteiger partial charge >= 0.3 is 0 Å². The van der Waals surface area contributed by atoms with Crippen molar-refractivity contribution >= 4 is 0 Å². The van der Waals surface area contributed by atoms with Crippen LogP contribution in [0.5, 0.6) is 0 Å². The van der Waals surface area contributed by atoms with Gasteiger partial charge in [-0.3, -0.25) is 0 Å². The summed E-state index contributed by atoms with van der Waals surface area (Å²) in [6.45, 7) is 8.64. The van der Waals surface area contributed by atoms with Gasteiger partial charge in [-0.25, -0.2) is 0 Å². The zero-order chi connectivity index (χ0) is 11.5. The summed E-state index contributed by atoms with van der Waals surface area (Å²) in [5, 5.41) is 13.9. The van der Waals surface area contributed by atoms with Crippen LogP contribution in [0.2, 0.25) is 0 Å². The fourth-order valence-corrected chi connectivity index (χ4v) is 3.24. The molecule has 1 rings (SSSR count). The highest BCUT2D eigenvalue weighted by molar-refractivity contribution is 4.96. The van der Waals surface area contributed by atoms with Crippen LogP contribution in [-0.4, -0.2) is 16.1 Å². The molecule has 0 aromatic carbocycles. The lowest BCUT2D eigenvalue weighted by Crippen LogP contribution is -2.58. The Bertz CT molecular complexity index is 179. The smallest absolute Gasteiger partial charge is 0.0471 e. The van der Waals surface area contributed by atoms with E-state index in [4.69, 9.17) is 0 Å². The van der Waals surface area contributed by atoms with Crippen LogP contribution in [0.25, 0.3) is 0 Å². The Balaban J connectivity index is 2.77. The predicted molar refractivity (Wildman–Crippen MR) is 63.0 cm³/mol. The maximum atomic E-state index is 12.5. The average Bonchev–Trinajstić information content (AvgIpc) is 2.15. The molecule has 89 valence electrons. The molecule has 1 saturated heterocycles. The number of nitrogens with zero attached hydrogens (tertiary/aromatic N) is 1. The molecular formula is C13H26NO. The van der Waals surface area contributed by atoms with E-state index in [9.17, 15) is 5.21 Å². The maximum absolute atomic E-state index is 12.5. The highest BCUT2D eigenvalue weighted by Crippen LogP contribution is 2.41. The second-order valence-corrected chi connectivity index (χ2v) is 5.64. The van der Waals surface area contributed by atoms with Gasteiger partial charge in [0.2, 0.25) is 0 Å². The van der Waals surface area contributed by atoms with Gasteiger partial charge in [-0.1, -0.05) is 26.7 Å². The molecule has 0 aromatic heterocycles. The van der Waals surface area contributed by atoms with Gasteiger partial charge in [-0.2, -0.15) is 0 Å². The van der Waals surface area contributed by atoms with Crippen molar-refractivity contribution in [3.8, 4) is 0 Å². The minimum atomic E-state index is -0.100. The molecular weight excluding hydrogens is 186 g/mol. The van der Waals surface area contributed by atoms with Crippen molar-refractivity contribution < 1.29 is 5.21 Å². The Morgan fingerprint density at radius 3 is 1.73 bits per heavy atom. The molecule has 2 heteroatoms. The van der Waals surface area contributed by atoms with Crippen molar-refractivity contribution in [2.75, 3.05) is 0 Å². The average molecular weight is 212 g/mol. The van der Waals surface area contributed by atoms with Gasteiger partial charge in [0.25, 0.3) is 0 Å². The van der Waals surface area contributed by atoms with Crippen LogP contribution in [0.15, 0.2) is 0 Å². The quantitative estimate of drug-likeness (QED) is 0.692. The third kappa shape index (κ3) is 2.54. The highest BCUT2D eigenvalue weighted by atomic mass is 16.5. The normalized spacial score (nSPS) is 38.2. The molecule has 0 aromatic rings. The largest absolute Gasteiger partial charge is 0.143 e. The lowest BCUT2D eigenvalue weighted by Gasteiger charge is -2.50.